The van der Waals surface area contributed by atoms with E-state index in [2.05, 4.69) is 25.0 Å². The van der Waals surface area contributed by atoms with Gasteiger partial charge in [0.05, 0.1) is 32.2 Å². The quantitative estimate of drug-likeness (QED) is 0.231. The van der Waals surface area contributed by atoms with Crippen molar-refractivity contribution in [3.05, 3.63) is 46.3 Å². The number of anilines is 1. The average molecular weight is 629 g/mol. The zero-order valence-corrected chi connectivity index (χ0v) is 24.8. The molecule has 0 spiro atoms. The number of benzene rings is 2. The van der Waals surface area contributed by atoms with Crippen LogP contribution in [-0.2, 0) is 0 Å². The summed E-state index contributed by atoms with van der Waals surface area (Å²) in [6.07, 6.45) is 1.65. The first-order chi connectivity index (χ1) is 20.7. The molecule has 8 nitrogen and oxygen atoms in total. The maximum Gasteiger partial charge on any atom is 0.320 e. The van der Waals surface area contributed by atoms with Crippen molar-refractivity contribution in [1.82, 2.24) is 20.2 Å². The predicted octanol–water partition coefficient (Wildman–Crippen LogP) is 6.66. The lowest BCUT2D eigenvalue weighted by atomic mass is 9.95. The number of nitrogens with zero attached hydrogens (tertiary/aromatic N) is 4. The number of nitrogens with one attached hydrogen (secondary N) is 1. The molecular formula is C30H28ClF3N6O2S. The normalized spacial score (nSPS) is 25.4. The summed E-state index contributed by atoms with van der Waals surface area (Å²) in [5.74, 6) is -1.25. The molecule has 2 aromatic heterocycles. The number of ether oxygens (including phenoxy) is 2. The van der Waals surface area contributed by atoms with Crippen molar-refractivity contribution < 1.29 is 22.6 Å². The van der Waals surface area contributed by atoms with Crippen LogP contribution in [0.1, 0.15) is 32.6 Å². The molecule has 7 rings (SSSR count). The highest BCUT2D eigenvalue weighted by Crippen LogP contribution is 2.49. The van der Waals surface area contributed by atoms with Gasteiger partial charge in [-0.05, 0) is 57.0 Å². The second-order valence-electron chi connectivity index (χ2n) is 11.5. The minimum atomic E-state index is -0.933. The largest absolute Gasteiger partial charge is 0.472 e. The van der Waals surface area contributed by atoms with E-state index < -0.39 is 23.3 Å². The molecule has 13 heteroatoms. The van der Waals surface area contributed by atoms with E-state index in [9.17, 15) is 8.78 Å². The second-order valence-corrected chi connectivity index (χ2v) is 13.0. The van der Waals surface area contributed by atoms with E-state index in [0.29, 0.717) is 13.0 Å². The van der Waals surface area contributed by atoms with Gasteiger partial charge in [0.25, 0.3) is 0 Å². The molecule has 5 heterocycles. The highest BCUT2D eigenvalue weighted by atomic mass is 35.5. The Hall–Kier alpha value is -3.37. The number of rotatable bonds is 6. The fourth-order valence-electron chi connectivity index (χ4n) is 6.83. The van der Waals surface area contributed by atoms with Gasteiger partial charge in [0.1, 0.15) is 30.2 Å². The molecule has 3 aliphatic rings. The maximum atomic E-state index is 16.7. The SMILES string of the molecule is [C-]#[N+]c1c(N)sc2c(F)ccc(-c3c(Cl)cc4c(O[C@H]5CCN[C@@H]5C)nc(OC[C@@]56CCCN5C[C@H](F)C6)nc4c3F)c12. The van der Waals surface area contributed by atoms with Gasteiger partial charge in [0.15, 0.2) is 5.82 Å². The molecule has 0 radical (unpaired) electrons. The minimum Gasteiger partial charge on any atom is -0.472 e. The number of nitrogens with two attached hydrogens (primary N) is 1. The van der Waals surface area contributed by atoms with Gasteiger partial charge in [-0.1, -0.05) is 17.7 Å². The molecule has 0 aliphatic carbocycles. The topological polar surface area (TPSA) is 89.9 Å². The van der Waals surface area contributed by atoms with E-state index >= 15 is 4.39 Å². The molecule has 0 amide bonds. The van der Waals surface area contributed by atoms with Crippen molar-refractivity contribution in [2.75, 3.05) is 32.0 Å². The zero-order chi connectivity index (χ0) is 30.0. The zero-order valence-electron chi connectivity index (χ0n) is 23.2. The van der Waals surface area contributed by atoms with Gasteiger partial charge >= 0.3 is 6.01 Å². The third-order valence-corrected chi connectivity index (χ3v) is 10.3. The van der Waals surface area contributed by atoms with Gasteiger partial charge < -0.3 is 20.5 Å². The first-order valence-electron chi connectivity index (χ1n) is 14.2. The van der Waals surface area contributed by atoms with Crippen molar-refractivity contribution in [1.29, 1.82) is 0 Å². The summed E-state index contributed by atoms with van der Waals surface area (Å²) in [5, 5.41) is 3.90. The molecule has 4 aromatic rings. The number of hydrogen-bond donors (Lipinski definition) is 2. The van der Waals surface area contributed by atoms with Gasteiger partial charge in [-0.25, -0.2) is 18.0 Å². The molecule has 3 N–H and O–H groups in total. The summed E-state index contributed by atoms with van der Waals surface area (Å²) < 4.78 is 58.4. The number of thiophene rings is 1. The Balaban J connectivity index is 1.37. The summed E-state index contributed by atoms with van der Waals surface area (Å²) in [6.45, 7) is 11.7. The minimum absolute atomic E-state index is 0.0127. The lowest BCUT2D eigenvalue weighted by Crippen LogP contribution is -2.43. The molecule has 2 aromatic carbocycles. The number of nitrogen functional groups attached to an aromatic ring is 1. The number of aromatic nitrogens is 2. The van der Waals surface area contributed by atoms with Crippen LogP contribution in [-0.4, -0.2) is 65.0 Å². The van der Waals surface area contributed by atoms with Crippen molar-refractivity contribution in [3.8, 4) is 23.0 Å². The van der Waals surface area contributed by atoms with Crippen LogP contribution in [0.3, 0.4) is 0 Å². The fraction of sp³-hybridized carbons (Fsp3) is 0.433. The van der Waals surface area contributed by atoms with Gasteiger partial charge in [-0.15, -0.1) is 11.3 Å². The molecule has 224 valence electrons. The molecule has 0 unspecified atom stereocenters. The lowest BCUT2D eigenvalue weighted by Gasteiger charge is -2.30. The van der Waals surface area contributed by atoms with Crippen molar-refractivity contribution in [2.45, 2.75) is 56.5 Å². The molecule has 4 atom stereocenters. The van der Waals surface area contributed by atoms with Gasteiger partial charge in [0.2, 0.25) is 11.6 Å². The van der Waals surface area contributed by atoms with Crippen molar-refractivity contribution in [3.63, 3.8) is 0 Å². The van der Waals surface area contributed by atoms with E-state index in [4.69, 9.17) is 33.4 Å². The van der Waals surface area contributed by atoms with Crippen LogP contribution in [0.4, 0.5) is 23.9 Å². The van der Waals surface area contributed by atoms with Crippen molar-refractivity contribution in [2.24, 2.45) is 0 Å². The van der Waals surface area contributed by atoms with Crippen LogP contribution < -0.4 is 20.5 Å². The molecule has 43 heavy (non-hydrogen) atoms. The summed E-state index contributed by atoms with van der Waals surface area (Å²) in [7, 11) is 0. The summed E-state index contributed by atoms with van der Waals surface area (Å²) in [5.41, 5.74) is 5.68. The Morgan fingerprint density at radius 3 is 2.93 bits per heavy atom. The molecule has 3 saturated heterocycles. The van der Waals surface area contributed by atoms with E-state index in [1.807, 2.05) is 6.92 Å². The van der Waals surface area contributed by atoms with Crippen LogP contribution in [0.2, 0.25) is 5.02 Å². The second kappa shape index (κ2) is 10.7. The maximum absolute atomic E-state index is 16.7. The summed E-state index contributed by atoms with van der Waals surface area (Å²) >= 11 is 7.65. The van der Waals surface area contributed by atoms with E-state index in [1.54, 1.807) is 0 Å². The van der Waals surface area contributed by atoms with Crippen LogP contribution in [0.25, 0.3) is 37.0 Å². The monoisotopic (exact) mass is 628 g/mol. The first-order valence-corrected chi connectivity index (χ1v) is 15.4. The number of alkyl halides is 1. The van der Waals surface area contributed by atoms with Gasteiger partial charge in [-0.3, -0.25) is 4.90 Å². The number of hydrogen-bond acceptors (Lipinski definition) is 8. The third-order valence-electron chi connectivity index (χ3n) is 8.95. The van der Waals surface area contributed by atoms with Crippen LogP contribution >= 0.6 is 22.9 Å². The summed E-state index contributed by atoms with van der Waals surface area (Å²) in [6, 6.07) is 4.04. The Kier molecular flexibility index (Phi) is 7.04. The van der Waals surface area contributed by atoms with Crippen LogP contribution in [0.15, 0.2) is 18.2 Å². The smallest absolute Gasteiger partial charge is 0.320 e. The van der Waals surface area contributed by atoms with Gasteiger partial charge in [0, 0.05) is 30.0 Å². The van der Waals surface area contributed by atoms with E-state index in [-0.39, 0.29) is 78.5 Å². The third kappa shape index (κ3) is 4.65. The standard InChI is InChI=1S/C30H28ClF3N6O2S/c1-14-20(6-8-37-14)42-28-17-10-18(31)21(16-4-5-19(33)26-22(16)25(36-2)27(35)43-26)23(34)24(17)38-29(39-28)41-13-30-7-3-9-40(30)12-15(32)11-30/h4-5,10,14-15,20,37H,3,6-9,11-13,35H2,1H3/t14-,15-,20+,30+/m1/s1. The highest BCUT2D eigenvalue weighted by molar-refractivity contribution is 7.23. The predicted molar refractivity (Wildman–Crippen MR) is 161 cm³/mol. The molecule has 0 saturated carbocycles. The fourth-order valence-corrected chi connectivity index (χ4v) is 8.06. The summed E-state index contributed by atoms with van der Waals surface area (Å²) in [4.78, 5) is 14.6. The lowest BCUT2D eigenvalue weighted by molar-refractivity contribution is 0.106. The first kappa shape index (κ1) is 28.4. The van der Waals surface area contributed by atoms with Crippen molar-refractivity contribution >= 4 is 54.6 Å². The highest BCUT2D eigenvalue weighted by Gasteiger charge is 2.49. The number of halogens is 4. The Labute approximate surface area is 254 Å². The van der Waals surface area contributed by atoms with Crippen LogP contribution in [0.5, 0.6) is 11.9 Å². The van der Waals surface area contributed by atoms with Gasteiger partial charge in [-0.2, -0.15) is 9.97 Å². The molecule has 3 aliphatic heterocycles. The van der Waals surface area contributed by atoms with E-state index in [0.717, 1.165) is 43.7 Å². The van der Waals surface area contributed by atoms with E-state index in [1.165, 1.54) is 18.2 Å². The Morgan fingerprint density at radius 1 is 1.33 bits per heavy atom. The number of fused-ring (bicyclic) bond motifs is 3. The van der Waals surface area contributed by atoms with Crippen LogP contribution in [0, 0.1) is 18.2 Å². The Bertz CT molecular complexity index is 1820. The molecule has 3 fully saturated rings. The molecule has 0 bridgehead atoms. The molecular weight excluding hydrogens is 601 g/mol. The average Bonchev–Trinajstić information content (AvgIpc) is 3.72. The Morgan fingerprint density at radius 2 is 2.16 bits per heavy atom.